The highest BCUT2D eigenvalue weighted by molar-refractivity contribution is 6.31. The maximum atomic E-state index is 13.4. The summed E-state index contributed by atoms with van der Waals surface area (Å²) in [5, 5.41) is 0.589. The predicted octanol–water partition coefficient (Wildman–Crippen LogP) is 4.60. The highest BCUT2D eigenvalue weighted by atomic mass is 35.5. The van der Waals surface area contributed by atoms with Crippen molar-refractivity contribution in [1.82, 2.24) is 9.80 Å². The van der Waals surface area contributed by atoms with Crippen molar-refractivity contribution in [2.75, 3.05) is 31.1 Å². The lowest BCUT2D eigenvalue weighted by Gasteiger charge is -2.39. The standard InChI is InChI=1S/C21H24ClN3O2/c1-15(2)23-9-11-24(12-10-23)21(26)25-14-16-5-3-4-6-19(16)27-20-8-7-17(22)13-18(20)25/h3-8,13,15H,9-12,14H2,1-2H3. The molecule has 4 rings (SSSR count). The van der Waals surface area contributed by atoms with Gasteiger partial charge in [-0.15, -0.1) is 0 Å². The Labute approximate surface area is 165 Å². The maximum absolute atomic E-state index is 13.4. The number of para-hydroxylation sites is 1. The van der Waals surface area contributed by atoms with E-state index >= 15 is 0 Å². The molecule has 0 atom stereocenters. The van der Waals surface area contributed by atoms with Crippen LogP contribution in [0.3, 0.4) is 0 Å². The molecule has 2 amide bonds. The number of fused-ring (bicyclic) bond motifs is 2. The molecule has 2 aromatic rings. The molecule has 2 heterocycles. The number of hydrogen-bond acceptors (Lipinski definition) is 3. The van der Waals surface area contributed by atoms with Crippen molar-refractivity contribution >= 4 is 23.3 Å². The summed E-state index contributed by atoms with van der Waals surface area (Å²) >= 11 is 6.24. The van der Waals surface area contributed by atoms with Crippen LogP contribution in [0.5, 0.6) is 11.5 Å². The number of carbonyl (C=O) groups excluding carboxylic acids is 1. The van der Waals surface area contributed by atoms with Crippen LogP contribution in [0.25, 0.3) is 0 Å². The molecule has 5 nitrogen and oxygen atoms in total. The van der Waals surface area contributed by atoms with E-state index in [0.29, 0.717) is 23.4 Å². The summed E-state index contributed by atoms with van der Waals surface area (Å²) in [5.41, 5.74) is 1.70. The first-order chi connectivity index (χ1) is 13.0. The van der Waals surface area contributed by atoms with Crippen molar-refractivity contribution in [3.05, 3.63) is 53.1 Å². The predicted molar refractivity (Wildman–Crippen MR) is 108 cm³/mol. The third-order valence-corrected chi connectivity index (χ3v) is 5.51. The van der Waals surface area contributed by atoms with Crippen LogP contribution < -0.4 is 9.64 Å². The second-order valence-electron chi connectivity index (χ2n) is 7.31. The first-order valence-electron chi connectivity index (χ1n) is 9.39. The Morgan fingerprint density at radius 3 is 2.52 bits per heavy atom. The van der Waals surface area contributed by atoms with Crippen molar-refractivity contribution in [1.29, 1.82) is 0 Å². The molecule has 0 bridgehead atoms. The van der Waals surface area contributed by atoms with E-state index < -0.39 is 0 Å². The molecule has 0 spiro atoms. The highest BCUT2D eigenvalue weighted by Crippen LogP contribution is 2.40. The van der Waals surface area contributed by atoms with Crippen LogP contribution in [0.4, 0.5) is 10.5 Å². The Morgan fingerprint density at radius 2 is 1.78 bits per heavy atom. The number of benzene rings is 2. The van der Waals surface area contributed by atoms with Crippen LogP contribution in [0, 0.1) is 0 Å². The molecule has 6 heteroatoms. The molecule has 27 heavy (non-hydrogen) atoms. The lowest BCUT2D eigenvalue weighted by Crippen LogP contribution is -2.54. The number of amides is 2. The largest absolute Gasteiger partial charge is 0.455 e. The van der Waals surface area contributed by atoms with Crippen molar-refractivity contribution in [3.8, 4) is 11.5 Å². The van der Waals surface area contributed by atoms with Gasteiger partial charge in [-0.2, -0.15) is 0 Å². The SMILES string of the molecule is CC(C)N1CCN(C(=O)N2Cc3ccccc3Oc3ccc(Cl)cc32)CC1. The first kappa shape index (κ1) is 18.1. The number of hydrogen-bond donors (Lipinski definition) is 0. The summed E-state index contributed by atoms with van der Waals surface area (Å²) < 4.78 is 6.09. The minimum Gasteiger partial charge on any atom is -0.455 e. The number of rotatable bonds is 1. The Morgan fingerprint density at radius 1 is 1.04 bits per heavy atom. The molecule has 2 aliphatic rings. The van der Waals surface area contributed by atoms with Crippen LogP contribution in [0.1, 0.15) is 19.4 Å². The number of urea groups is 1. The van der Waals surface area contributed by atoms with Crippen molar-refractivity contribution < 1.29 is 9.53 Å². The van der Waals surface area contributed by atoms with Gasteiger partial charge in [-0.05, 0) is 38.1 Å². The molecular formula is C21H24ClN3O2. The molecule has 2 aromatic carbocycles. The fourth-order valence-corrected chi connectivity index (χ4v) is 3.83. The number of ether oxygens (including phenoxy) is 1. The van der Waals surface area contributed by atoms with Crippen LogP contribution >= 0.6 is 11.6 Å². The second kappa shape index (κ2) is 7.41. The Bertz CT molecular complexity index is 847. The lowest BCUT2D eigenvalue weighted by molar-refractivity contribution is 0.122. The summed E-state index contributed by atoms with van der Waals surface area (Å²) in [6.45, 7) is 8.10. The third-order valence-electron chi connectivity index (χ3n) is 5.28. The van der Waals surface area contributed by atoms with Gasteiger partial charge in [0.25, 0.3) is 0 Å². The van der Waals surface area contributed by atoms with E-state index in [-0.39, 0.29) is 6.03 Å². The fraction of sp³-hybridized carbons (Fsp3) is 0.381. The molecule has 0 saturated carbocycles. The number of nitrogens with zero attached hydrogens (tertiary/aromatic N) is 3. The molecule has 1 saturated heterocycles. The molecular weight excluding hydrogens is 362 g/mol. The highest BCUT2D eigenvalue weighted by Gasteiger charge is 2.31. The van der Waals surface area contributed by atoms with E-state index in [1.54, 1.807) is 11.0 Å². The van der Waals surface area contributed by atoms with Gasteiger partial charge in [0.1, 0.15) is 5.75 Å². The molecule has 0 N–H and O–H groups in total. The zero-order chi connectivity index (χ0) is 19.0. The average molecular weight is 386 g/mol. The molecule has 0 aliphatic carbocycles. The summed E-state index contributed by atoms with van der Waals surface area (Å²) in [4.78, 5) is 19.5. The lowest BCUT2D eigenvalue weighted by atomic mass is 10.2. The van der Waals surface area contributed by atoms with Gasteiger partial charge in [-0.3, -0.25) is 9.80 Å². The zero-order valence-electron chi connectivity index (χ0n) is 15.7. The number of carbonyl (C=O) groups is 1. The quantitative estimate of drug-likeness (QED) is 0.719. The summed E-state index contributed by atoms with van der Waals surface area (Å²) in [5.74, 6) is 1.43. The van der Waals surface area contributed by atoms with Crippen molar-refractivity contribution in [2.24, 2.45) is 0 Å². The average Bonchev–Trinajstić information content (AvgIpc) is 2.84. The Balaban J connectivity index is 1.65. The van der Waals surface area contributed by atoms with Gasteiger partial charge in [0.2, 0.25) is 0 Å². The minimum absolute atomic E-state index is 0.00206. The van der Waals surface area contributed by atoms with E-state index in [9.17, 15) is 4.79 Å². The van der Waals surface area contributed by atoms with Gasteiger partial charge >= 0.3 is 6.03 Å². The number of anilines is 1. The van der Waals surface area contributed by atoms with Gasteiger partial charge in [-0.1, -0.05) is 29.8 Å². The van der Waals surface area contributed by atoms with Gasteiger partial charge in [0.15, 0.2) is 5.75 Å². The van der Waals surface area contributed by atoms with Gasteiger partial charge in [0.05, 0.1) is 12.2 Å². The smallest absolute Gasteiger partial charge is 0.325 e. The van der Waals surface area contributed by atoms with Crippen LogP contribution in [0.15, 0.2) is 42.5 Å². The summed E-state index contributed by atoms with van der Waals surface area (Å²) in [6.07, 6.45) is 0. The third kappa shape index (κ3) is 3.62. The molecule has 0 radical (unpaired) electrons. The van der Waals surface area contributed by atoms with Crippen LogP contribution in [-0.4, -0.2) is 48.1 Å². The first-order valence-corrected chi connectivity index (χ1v) is 9.76. The molecule has 2 aliphatic heterocycles. The van der Waals surface area contributed by atoms with Crippen LogP contribution in [-0.2, 0) is 6.54 Å². The van der Waals surface area contributed by atoms with E-state index in [1.165, 1.54) is 0 Å². The summed E-state index contributed by atoms with van der Waals surface area (Å²) in [6, 6.07) is 13.8. The molecule has 0 unspecified atom stereocenters. The van der Waals surface area contributed by atoms with Crippen LogP contribution in [0.2, 0.25) is 5.02 Å². The van der Waals surface area contributed by atoms with Crippen molar-refractivity contribution in [3.63, 3.8) is 0 Å². The van der Waals surface area contributed by atoms with E-state index in [2.05, 4.69) is 18.7 Å². The fourth-order valence-electron chi connectivity index (χ4n) is 3.67. The number of halogens is 1. The molecule has 0 aromatic heterocycles. The van der Waals surface area contributed by atoms with Gasteiger partial charge in [-0.25, -0.2) is 4.79 Å². The maximum Gasteiger partial charge on any atom is 0.325 e. The van der Waals surface area contributed by atoms with E-state index in [1.807, 2.05) is 41.3 Å². The summed E-state index contributed by atoms with van der Waals surface area (Å²) in [7, 11) is 0. The normalized spacial score (nSPS) is 17.2. The molecule has 1 fully saturated rings. The van der Waals surface area contributed by atoms with Crippen molar-refractivity contribution in [2.45, 2.75) is 26.4 Å². The topological polar surface area (TPSA) is 36.0 Å². The van der Waals surface area contributed by atoms with E-state index in [0.717, 1.165) is 43.2 Å². The molecule has 142 valence electrons. The monoisotopic (exact) mass is 385 g/mol. The van der Waals surface area contributed by atoms with Gasteiger partial charge in [0, 0.05) is 42.8 Å². The Kier molecular flexibility index (Phi) is 4.98. The zero-order valence-corrected chi connectivity index (χ0v) is 16.4. The van der Waals surface area contributed by atoms with Gasteiger partial charge < -0.3 is 9.64 Å². The second-order valence-corrected chi connectivity index (χ2v) is 7.74. The number of piperazine rings is 1. The Hall–Kier alpha value is -2.24. The van der Waals surface area contributed by atoms with E-state index in [4.69, 9.17) is 16.3 Å². The minimum atomic E-state index is 0.00206.